The number of carbonyl (C=O) groups excluding carboxylic acids is 1. The fourth-order valence-electron chi connectivity index (χ4n) is 3.38. The Morgan fingerprint density at radius 3 is 2.41 bits per heavy atom. The van der Waals surface area contributed by atoms with Crippen LogP contribution in [0.4, 0.5) is 5.69 Å². The molecular formula is C23H21N3O. The van der Waals surface area contributed by atoms with E-state index in [9.17, 15) is 4.79 Å². The van der Waals surface area contributed by atoms with Crippen LogP contribution < -0.4 is 5.32 Å². The van der Waals surface area contributed by atoms with Crippen molar-refractivity contribution in [1.29, 1.82) is 0 Å². The van der Waals surface area contributed by atoms with Gasteiger partial charge in [-0.05, 0) is 48.9 Å². The maximum atomic E-state index is 12.6. The van der Waals surface area contributed by atoms with Gasteiger partial charge in [0.2, 0.25) is 5.91 Å². The molecule has 0 saturated carbocycles. The average Bonchev–Trinajstić information content (AvgIpc) is 2.97. The topological polar surface area (TPSA) is 46.9 Å². The molecule has 0 fully saturated rings. The fraction of sp³-hybridized carbons (Fsp3) is 0.130. The second-order valence-electron chi connectivity index (χ2n) is 6.68. The molecule has 0 atom stereocenters. The summed E-state index contributed by atoms with van der Waals surface area (Å²) in [5, 5.41) is 9.90. The van der Waals surface area contributed by atoms with E-state index in [4.69, 9.17) is 0 Å². The van der Waals surface area contributed by atoms with Gasteiger partial charge >= 0.3 is 0 Å². The molecule has 27 heavy (non-hydrogen) atoms. The second kappa shape index (κ2) is 7.08. The fourth-order valence-corrected chi connectivity index (χ4v) is 3.38. The van der Waals surface area contributed by atoms with Crippen molar-refractivity contribution in [1.82, 2.24) is 9.78 Å². The Hall–Kier alpha value is -3.40. The minimum absolute atomic E-state index is 0.0379. The molecule has 0 aliphatic rings. The van der Waals surface area contributed by atoms with Crippen LogP contribution in [0.15, 0.2) is 72.8 Å². The molecule has 3 aromatic carbocycles. The normalized spacial score (nSPS) is 10.9. The highest BCUT2D eigenvalue weighted by molar-refractivity contribution is 5.95. The number of fused-ring (bicyclic) bond motifs is 1. The predicted octanol–water partition coefficient (Wildman–Crippen LogP) is 4.82. The Morgan fingerprint density at radius 2 is 1.63 bits per heavy atom. The van der Waals surface area contributed by atoms with Crippen LogP contribution in [0.2, 0.25) is 0 Å². The number of rotatable bonds is 4. The largest absolute Gasteiger partial charge is 0.326 e. The van der Waals surface area contributed by atoms with Crippen LogP contribution in [0.25, 0.3) is 16.5 Å². The van der Waals surface area contributed by atoms with Crippen molar-refractivity contribution >= 4 is 22.4 Å². The number of nitrogens with one attached hydrogen (secondary N) is 1. The van der Waals surface area contributed by atoms with Crippen molar-refractivity contribution in [2.24, 2.45) is 0 Å². The highest BCUT2D eigenvalue weighted by Gasteiger charge is 2.16. The highest BCUT2D eigenvalue weighted by atomic mass is 16.1. The standard InChI is InChI=1S/C23H21N3O/c1-16-22(17(2)26(25-16)21-10-4-3-5-11-21)15-23(27)24-20-13-12-18-8-6-7-9-19(18)14-20/h3-14H,15H2,1-2H3,(H,24,27). The summed E-state index contributed by atoms with van der Waals surface area (Å²) in [6, 6.07) is 24.0. The van der Waals surface area contributed by atoms with Crippen LogP contribution >= 0.6 is 0 Å². The number of para-hydroxylation sites is 1. The first-order valence-corrected chi connectivity index (χ1v) is 9.01. The Labute approximate surface area is 158 Å². The molecule has 1 heterocycles. The molecule has 1 amide bonds. The van der Waals surface area contributed by atoms with E-state index in [1.807, 2.05) is 85.3 Å². The highest BCUT2D eigenvalue weighted by Crippen LogP contribution is 2.21. The van der Waals surface area contributed by atoms with Gasteiger partial charge in [0.25, 0.3) is 0 Å². The second-order valence-corrected chi connectivity index (χ2v) is 6.68. The summed E-state index contributed by atoms with van der Waals surface area (Å²) >= 11 is 0. The van der Waals surface area contributed by atoms with Crippen LogP contribution in [0.1, 0.15) is 17.0 Å². The third kappa shape index (κ3) is 3.47. The van der Waals surface area contributed by atoms with Gasteiger partial charge in [0, 0.05) is 16.9 Å². The van der Waals surface area contributed by atoms with Gasteiger partial charge in [0.05, 0.1) is 17.8 Å². The summed E-state index contributed by atoms with van der Waals surface area (Å²) in [6.45, 7) is 3.96. The summed E-state index contributed by atoms with van der Waals surface area (Å²) in [6.07, 6.45) is 0.303. The van der Waals surface area contributed by atoms with Crippen molar-refractivity contribution in [3.63, 3.8) is 0 Å². The van der Waals surface area contributed by atoms with Crippen LogP contribution in [0.3, 0.4) is 0 Å². The third-order valence-corrected chi connectivity index (χ3v) is 4.81. The molecule has 0 bridgehead atoms. The zero-order valence-electron chi connectivity index (χ0n) is 15.4. The lowest BCUT2D eigenvalue weighted by molar-refractivity contribution is -0.115. The first-order valence-electron chi connectivity index (χ1n) is 9.01. The summed E-state index contributed by atoms with van der Waals surface area (Å²) in [5.41, 5.74) is 4.65. The first-order chi connectivity index (χ1) is 13.1. The Kier molecular flexibility index (Phi) is 4.47. The number of benzene rings is 3. The molecule has 1 N–H and O–H groups in total. The predicted molar refractivity (Wildman–Crippen MR) is 109 cm³/mol. The van der Waals surface area contributed by atoms with Crippen molar-refractivity contribution in [3.8, 4) is 5.69 Å². The molecule has 0 saturated heterocycles. The number of nitrogens with zero attached hydrogens (tertiary/aromatic N) is 2. The van der Waals surface area contributed by atoms with Crippen LogP contribution in [0, 0.1) is 13.8 Å². The van der Waals surface area contributed by atoms with Crippen molar-refractivity contribution in [3.05, 3.63) is 89.7 Å². The van der Waals surface area contributed by atoms with Gasteiger partial charge in [0.1, 0.15) is 0 Å². The molecule has 4 rings (SSSR count). The number of anilines is 1. The van der Waals surface area contributed by atoms with Gasteiger partial charge in [-0.1, -0.05) is 48.5 Å². The summed E-state index contributed by atoms with van der Waals surface area (Å²) in [7, 11) is 0. The van der Waals surface area contributed by atoms with E-state index in [1.165, 1.54) is 0 Å². The Balaban J connectivity index is 1.55. The number of aryl methyl sites for hydroxylation is 1. The minimum Gasteiger partial charge on any atom is -0.326 e. The van der Waals surface area contributed by atoms with E-state index in [0.29, 0.717) is 6.42 Å². The van der Waals surface area contributed by atoms with Gasteiger partial charge in [-0.2, -0.15) is 5.10 Å². The number of carbonyl (C=O) groups is 1. The van der Waals surface area contributed by atoms with E-state index in [2.05, 4.69) is 16.5 Å². The molecule has 0 aliphatic heterocycles. The summed E-state index contributed by atoms with van der Waals surface area (Å²) in [5.74, 6) is -0.0379. The van der Waals surface area contributed by atoms with E-state index in [-0.39, 0.29) is 5.91 Å². The maximum absolute atomic E-state index is 12.6. The summed E-state index contributed by atoms with van der Waals surface area (Å²) < 4.78 is 1.90. The lowest BCUT2D eigenvalue weighted by Gasteiger charge is -2.08. The van der Waals surface area contributed by atoms with Gasteiger partial charge in [-0.15, -0.1) is 0 Å². The molecule has 134 valence electrons. The SMILES string of the molecule is Cc1nn(-c2ccccc2)c(C)c1CC(=O)Nc1ccc2ccccc2c1. The van der Waals surface area contributed by atoms with Crippen LogP contribution in [0.5, 0.6) is 0 Å². The lowest BCUT2D eigenvalue weighted by Crippen LogP contribution is -2.15. The quantitative estimate of drug-likeness (QED) is 0.570. The number of amides is 1. The monoisotopic (exact) mass is 355 g/mol. The van der Waals surface area contributed by atoms with Crippen molar-refractivity contribution < 1.29 is 4.79 Å². The number of hydrogen-bond donors (Lipinski definition) is 1. The van der Waals surface area contributed by atoms with Gasteiger partial charge < -0.3 is 5.32 Å². The molecular weight excluding hydrogens is 334 g/mol. The van der Waals surface area contributed by atoms with E-state index in [1.54, 1.807) is 0 Å². The molecule has 4 aromatic rings. The van der Waals surface area contributed by atoms with Gasteiger partial charge in [-0.25, -0.2) is 4.68 Å². The number of hydrogen-bond acceptors (Lipinski definition) is 2. The van der Waals surface area contributed by atoms with E-state index < -0.39 is 0 Å². The van der Waals surface area contributed by atoms with Gasteiger partial charge in [-0.3, -0.25) is 4.79 Å². The third-order valence-electron chi connectivity index (χ3n) is 4.81. The smallest absolute Gasteiger partial charge is 0.228 e. The van der Waals surface area contributed by atoms with E-state index >= 15 is 0 Å². The average molecular weight is 355 g/mol. The molecule has 0 radical (unpaired) electrons. The summed E-state index contributed by atoms with van der Waals surface area (Å²) in [4.78, 5) is 12.6. The number of aromatic nitrogens is 2. The molecule has 0 unspecified atom stereocenters. The zero-order chi connectivity index (χ0) is 18.8. The van der Waals surface area contributed by atoms with E-state index in [0.717, 1.165) is 39.1 Å². The molecule has 1 aromatic heterocycles. The van der Waals surface area contributed by atoms with Crippen LogP contribution in [-0.2, 0) is 11.2 Å². The molecule has 0 spiro atoms. The Morgan fingerprint density at radius 1 is 0.926 bits per heavy atom. The lowest BCUT2D eigenvalue weighted by atomic mass is 10.1. The van der Waals surface area contributed by atoms with Crippen molar-refractivity contribution in [2.75, 3.05) is 5.32 Å². The van der Waals surface area contributed by atoms with Crippen LogP contribution in [-0.4, -0.2) is 15.7 Å². The molecule has 4 heteroatoms. The first kappa shape index (κ1) is 17.0. The Bertz CT molecular complexity index is 1110. The zero-order valence-corrected chi connectivity index (χ0v) is 15.4. The minimum atomic E-state index is -0.0379. The molecule has 4 nitrogen and oxygen atoms in total. The van der Waals surface area contributed by atoms with Crippen molar-refractivity contribution in [2.45, 2.75) is 20.3 Å². The molecule has 0 aliphatic carbocycles. The maximum Gasteiger partial charge on any atom is 0.228 e. The van der Waals surface area contributed by atoms with Gasteiger partial charge in [0.15, 0.2) is 0 Å².